The number of anilines is 1. The lowest BCUT2D eigenvalue weighted by Crippen LogP contribution is -2.14. The average Bonchev–Trinajstić information content (AvgIpc) is 2.84. The number of nitrogens with one attached hydrogen (secondary N) is 2. The van der Waals surface area contributed by atoms with Crippen LogP contribution in [0.5, 0.6) is 5.75 Å². The summed E-state index contributed by atoms with van der Waals surface area (Å²) in [7, 11) is -7.50. The first-order chi connectivity index (χ1) is 9.20. The Kier molecular flexibility index (Phi) is 3.44. The van der Waals surface area contributed by atoms with Crippen molar-refractivity contribution >= 4 is 25.5 Å². The Hall–Kier alpha value is -2.07. The summed E-state index contributed by atoms with van der Waals surface area (Å²) in [5, 5.41) is 15.2. The van der Waals surface area contributed by atoms with Gasteiger partial charge in [-0.05, 0) is 24.3 Å². The van der Waals surface area contributed by atoms with Crippen LogP contribution in [-0.4, -0.2) is 38.4 Å². The molecule has 0 fully saturated rings. The van der Waals surface area contributed by atoms with E-state index in [1.165, 1.54) is 18.3 Å². The van der Waals surface area contributed by atoms with Crippen molar-refractivity contribution in [3.8, 4) is 5.75 Å². The highest BCUT2D eigenvalue weighted by molar-refractivity contribution is 7.92. The Morgan fingerprint density at radius 3 is 2.45 bits per heavy atom. The van der Waals surface area contributed by atoms with E-state index in [-0.39, 0.29) is 21.4 Å². The standard InChI is InChI=1S/C10H11N3O5S2/c1-19(15,16)7-2-3-9(14)8(6-7)13-20(17,18)10-4-5-11-12-10/h2-6,13-14H,1H3,(H,11,12). The molecule has 0 unspecified atom stereocenters. The topological polar surface area (TPSA) is 129 Å². The van der Waals surface area contributed by atoms with Crippen molar-refractivity contribution in [3.05, 3.63) is 30.5 Å². The minimum absolute atomic E-state index is 0.113. The van der Waals surface area contributed by atoms with Crippen molar-refractivity contribution in [2.45, 2.75) is 9.92 Å². The monoisotopic (exact) mass is 317 g/mol. The number of aromatic amines is 1. The summed E-state index contributed by atoms with van der Waals surface area (Å²) in [6, 6.07) is 4.54. The van der Waals surface area contributed by atoms with Gasteiger partial charge in [0.25, 0.3) is 10.0 Å². The minimum atomic E-state index is -3.98. The molecule has 108 valence electrons. The molecule has 2 aromatic rings. The number of H-pyrrole nitrogens is 1. The molecule has 0 bridgehead atoms. The molecule has 1 aromatic heterocycles. The van der Waals surface area contributed by atoms with Crippen molar-refractivity contribution in [1.82, 2.24) is 10.2 Å². The third kappa shape index (κ3) is 2.91. The predicted octanol–water partition coefficient (Wildman–Crippen LogP) is 0.320. The molecule has 0 saturated heterocycles. The molecule has 1 aromatic carbocycles. The predicted molar refractivity (Wildman–Crippen MR) is 70.6 cm³/mol. The van der Waals surface area contributed by atoms with E-state index in [2.05, 4.69) is 14.9 Å². The van der Waals surface area contributed by atoms with Gasteiger partial charge in [0.05, 0.1) is 16.8 Å². The van der Waals surface area contributed by atoms with E-state index in [1.807, 2.05) is 0 Å². The number of phenolic OH excluding ortho intramolecular Hbond substituents is 1. The van der Waals surface area contributed by atoms with Crippen molar-refractivity contribution in [3.63, 3.8) is 0 Å². The number of phenols is 1. The molecule has 0 radical (unpaired) electrons. The SMILES string of the molecule is CS(=O)(=O)c1ccc(O)c(NS(=O)(=O)c2ccn[nH]2)c1. The van der Waals surface area contributed by atoms with E-state index in [0.29, 0.717) is 0 Å². The lowest BCUT2D eigenvalue weighted by atomic mass is 10.3. The second-order valence-electron chi connectivity index (χ2n) is 3.98. The van der Waals surface area contributed by atoms with Gasteiger partial charge in [0.15, 0.2) is 14.9 Å². The van der Waals surface area contributed by atoms with Gasteiger partial charge in [-0.15, -0.1) is 0 Å². The molecule has 0 saturated carbocycles. The zero-order valence-corrected chi connectivity index (χ0v) is 11.9. The third-order valence-corrected chi connectivity index (χ3v) is 4.81. The van der Waals surface area contributed by atoms with Crippen molar-refractivity contribution in [2.24, 2.45) is 0 Å². The number of benzene rings is 1. The number of aromatic nitrogens is 2. The fourth-order valence-corrected chi connectivity index (χ4v) is 3.04. The lowest BCUT2D eigenvalue weighted by Gasteiger charge is -2.09. The average molecular weight is 317 g/mol. The summed E-state index contributed by atoms with van der Waals surface area (Å²) in [6.07, 6.45) is 2.23. The number of hydrogen-bond donors (Lipinski definition) is 3. The highest BCUT2D eigenvalue weighted by Gasteiger charge is 2.19. The Morgan fingerprint density at radius 2 is 1.90 bits per heavy atom. The van der Waals surface area contributed by atoms with Gasteiger partial charge in [-0.2, -0.15) is 13.5 Å². The molecule has 3 N–H and O–H groups in total. The number of sulfonamides is 1. The maximum atomic E-state index is 11.9. The molecule has 0 aliphatic heterocycles. The Bertz CT molecular complexity index is 826. The van der Waals surface area contributed by atoms with Gasteiger partial charge in [0.2, 0.25) is 0 Å². The first-order valence-corrected chi connectivity index (χ1v) is 8.63. The summed E-state index contributed by atoms with van der Waals surface area (Å²) in [5.41, 5.74) is -0.234. The van der Waals surface area contributed by atoms with Gasteiger partial charge in [0.1, 0.15) is 5.75 Å². The molecule has 20 heavy (non-hydrogen) atoms. The molecule has 0 aliphatic rings. The molecule has 2 rings (SSSR count). The maximum absolute atomic E-state index is 11.9. The minimum Gasteiger partial charge on any atom is -0.506 e. The number of hydrogen-bond acceptors (Lipinski definition) is 6. The van der Waals surface area contributed by atoms with Crippen LogP contribution < -0.4 is 4.72 Å². The van der Waals surface area contributed by atoms with Crippen LogP contribution in [-0.2, 0) is 19.9 Å². The van der Waals surface area contributed by atoms with Crippen molar-refractivity contribution in [1.29, 1.82) is 0 Å². The highest BCUT2D eigenvalue weighted by Crippen LogP contribution is 2.28. The smallest absolute Gasteiger partial charge is 0.278 e. The van der Waals surface area contributed by atoms with E-state index in [0.717, 1.165) is 18.4 Å². The first kappa shape index (κ1) is 14.3. The molecule has 8 nitrogen and oxygen atoms in total. The van der Waals surface area contributed by atoms with Gasteiger partial charge in [-0.1, -0.05) is 0 Å². The van der Waals surface area contributed by atoms with E-state index < -0.39 is 19.9 Å². The summed E-state index contributed by atoms with van der Waals surface area (Å²) in [5.74, 6) is -0.388. The van der Waals surface area contributed by atoms with Gasteiger partial charge < -0.3 is 5.11 Å². The quantitative estimate of drug-likeness (QED) is 0.696. The summed E-state index contributed by atoms with van der Waals surface area (Å²) in [6.45, 7) is 0. The zero-order valence-electron chi connectivity index (χ0n) is 10.2. The molecule has 0 spiro atoms. The molecule has 0 amide bonds. The lowest BCUT2D eigenvalue weighted by molar-refractivity contribution is 0.477. The second-order valence-corrected chi connectivity index (χ2v) is 7.64. The van der Waals surface area contributed by atoms with Crippen LogP contribution in [0, 0.1) is 0 Å². The largest absolute Gasteiger partial charge is 0.506 e. The number of aromatic hydroxyl groups is 1. The van der Waals surface area contributed by atoms with Gasteiger partial charge in [-0.25, -0.2) is 8.42 Å². The molecule has 1 heterocycles. The van der Waals surface area contributed by atoms with Crippen LogP contribution in [0.15, 0.2) is 40.4 Å². The zero-order chi connectivity index (χ0) is 15.0. The molecule has 0 aliphatic carbocycles. The van der Waals surface area contributed by atoms with Gasteiger partial charge in [-0.3, -0.25) is 9.82 Å². The number of rotatable bonds is 4. The normalized spacial score (nSPS) is 12.2. The van der Waals surface area contributed by atoms with Crippen molar-refractivity contribution < 1.29 is 21.9 Å². The van der Waals surface area contributed by atoms with Crippen LogP contribution >= 0.6 is 0 Å². The van der Waals surface area contributed by atoms with Crippen molar-refractivity contribution in [2.75, 3.05) is 11.0 Å². The fourth-order valence-electron chi connectivity index (χ4n) is 1.42. The molecule has 0 atom stereocenters. The van der Waals surface area contributed by atoms with Crippen LogP contribution in [0.4, 0.5) is 5.69 Å². The molecule has 10 heteroatoms. The Labute approximate surface area is 115 Å². The molecular weight excluding hydrogens is 306 g/mol. The van der Waals surface area contributed by atoms with Crippen LogP contribution in [0.2, 0.25) is 0 Å². The van der Waals surface area contributed by atoms with E-state index >= 15 is 0 Å². The first-order valence-electron chi connectivity index (χ1n) is 5.25. The van der Waals surface area contributed by atoms with Gasteiger partial charge in [0, 0.05) is 6.26 Å². The fraction of sp³-hybridized carbons (Fsp3) is 0.100. The van der Waals surface area contributed by atoms with Crippen LogP contribution in [0.3, 0.4) is 0 Å². The number of nitrogens with zero attached hydrogens (tertiary/aromatic N) is 1. The van der Waals surface area contributed by atoms with Crippen LogP contribution in [0.25, 0.3) is 0 Å². The van der Waals surface area contributed by atoms with E-state index in [1.54, 1.807) is 0 Å². The Balaban J connectivity index is 2.44. The van der Waals surface area contributed by atoms with E-state index in [4.69, 9.17) is 0 Å². The highest BCUT2D eigenvalue weighted by atomic mass is 32.2. The van der Waals surface area contributed by atoms with E-state index in [9.17, 15) is 21.9 Å². The maximum Gasteiger partial charge on any atom is 0.278 e. The number of sulfone groups is 1. The summed E-state index contributed by atoms with van der Waals surface area (Å²) >= 11 is 0. The van der Waals surface area contributed by atoms with Gasteiger partial charge >= 0.3 is 0 Å². The van der Waals surface area contributed by atoms with Crippen LogP contribution in [0.1, 0.15) is 0 Å². The summed E-state index contributed by atoms with van der Waals surface area (Å²) < 4.78 is 48.8. The Morgan fingerprint density at radius 1 is 1.20 bits per heavy atom. The second kappa shape index (κ2) is 4.80. The molecular formula is C10H11N3O5S2. The summed E-state index contributed by atoms with van der Waals surface area (Å²) in [4.78, 5) is -0.113. The third-order valence-electron chi connectivity index (χ3n) is 2.41.